The maximum absolute atomic E-state index is 12.3. The van der Waals surface area contributed by atoms with Gasteiger partial charge >= 0.3 is 0 Å². The first-order chi connectivity index (χ1) is 9.01. The highest BCUT2D eigenvalue weighted by Crippen LogP contribution is 2.11. The molecule has 0 aromatic heterocycles. The van der Waals surface area contributed by atoms with E-state index in [1.165, 1.54) is 15.7 Å². The van der Waals surface area contributed by atoms with Crippen LogP contribution in [0.25, 0.3) is 0 Å². The highest BCUT2D eigenvalue weighted by molar-refractivity contribution is 7.86. The fourth-order valence-corrected chi connectivity index (χ4v) is 3.72. The van der Waals surface area contributed by atoms with Crippen LogP contribution in [0.4, 0.5) is 0 Å². The number of hydrogen-bond donors (Lipinski definition) is 1. The van der Waals surface area contributed by atoms with E-state index in [1.54, 1.807) is 4.90 Å². The van der Waals surface area contributed by atoms with Gasteiger partial charge in [-0.25, -0.2) is 0 Å². The van der Waals surface area contributed by atoms with Crippen LogP contribution in [-0.2, 0) is 15.0 Å². The summed E-state index contributed by atoms with van der Waals surface area (Å²) in [5, 5.41) is 3.11. The second kappa shape index (κ2) is 6.17. The first-order valence-electron chi connectivity index (χ1n) is 6.72. The minimum Gasteiger partial charge on any atom is -0.342 e. The number of rotatable bonds is 4. The number of carbonyl (C=O) groups is 1. The van der Waals surface area contributed by atoms with Gasteiger partial charge in [-0.15, -0.1) is 0 Å². The lowest BCUT2D eigenvalue weighted by Gasteiger charge is -2.30. The van der Waals surface area contributed by atoms with Crippen molar-refractivity contribution in [1.82, 2.24) is 18.8 Å². The lowest BCUT2D eigenvalue weighted by molar-refractivity contribution is -0.130. The molecule has 0 atom stereocenters. The van der Waals surface area contributed by atoms with E-state index in [4.69, 9.17) is 0 Å². The van der Waals surface area contributed by atoms with E-state index in [2.05, 4.69) is 5.32 Å². The van der Waals surface area contributed by atoms with E-state index in [0.29, 0.717) is 26.2 Å². The summed E-state index contributed by atoms with van der Waals surface area (Å²) in [6.07, 6.45) is 2.03. The van der Waals surface area contributed by atoms with Gasteiger partial charge in [0.2, 0.25) is 5.91 Å². The molecule has 19 heavy (non-hydrogen) atoms. The summed E-state index contributed by atoms with van der Waals surface area (Å²) >= 11 is 0. The molecule has 0 saturated carbocycles. The van der Waals surface area contributed by atoms with Gasteiger partial charge < -0.3 is 10.2 Å². The maximum atomic E-state index is 12.3. The number of nitrogens with zero attached hydrogens (tertiary/aromatic N) is 3. The number of hydrogen-bond acceptors (Lipinski definition) is 4. The lowest BCUT2D eigenvalue weighted by Crippen LogP contribution is -2.52. The van der Waals surface area contributed by atoms with Gasteiger partial charge in [0, 0.05) is 46.3 Å². The molecule has 110 valence electrons. The molecule has 2 fully saturated rings. The highest BCUT2D eigenvalue weighted by atomic mass is 32.2. The largest absolute Gasteiger partial charge is 0.342 e. The van der Waals surface area contributed by atoms with Gasteiger partial charge in [-0.2, -0.15) is 17.0 Å². The van der Waals surface area contributed by atoms with Crippen molar-refractivity contribution in [3.63, 3.8) is 0 Å². The number of piperazine rings is 1. The SMILES string of the molecule is CN(CC(=O)N1CCCC1)S(=O)(=O)N1CCNCC1. The number of likely N-dealkylation sites (N-methyl/N-ethyl adjacent to an activating group) is 1. The quantitative estimate of drug-likeness (QED) is 0.698. The van der Waals surface area contributed by atoms with Crippen molar-refractivity contribution in [3.8, 4) is 0 Å². The Kier molecular flexibility index (Phi) is 4.77. The zero-order valence-corrected chi connectivity index (χ0v) is 12.2. The number of amides is 1. The average molecular weight is 290 g/mol. The summed E-state index contributed by atoms with van der Waals surface area (Å²) < 4.78 is 27.2. The molecule has 0 aromatic rings. The third kappa shape index (κ3) is 3.44. The van der Waals surface area contributed by atoms with Gasteiger partial charge in [-0.1, -0.05) is 0 Å². The molecule has 1 amide bonds. The monoisotopic (exact) mass is 290 g/mol. The lowest BCUT2D eigenvalue weighted by atomic mass is 10.4. The van der Waals surface area contributed by atoms with E-state index in [1.807, 2.05) is 0 Å². The Balaban J connectivity index is 1.93. The molecular weight excluding hydrogens is 268 g/mol. The summed E-state index contributed by atoms with van der Waals surface area (Å²) in [5.41, 5.74) is 0. The molecule has 0 unspecified atom stereocenters. The normalized spacial score (nSPS) is 22.1. The molecule has 0 aliphatic carbocycles. The van der Waals surface area contributed by atoms with Crippen LogP contribution in [0, 0.1) is 0 Å². The fourth-order valence-electron chi connectivity index (χ4n) is 2.41. The van der Waals surface area contributed by atoms with Gasteiger partial charge in [0.1, 0.15) is 0 Å². The van der Waals surface area contributed by atoms with Crippen molar-refractivity contribution >= 4 is 16.1 Å². The van der Waals surface area contributed by atoms with Gasteiger partial charge in [-0.05, 0) is 12.8 Å². The first kappa shape index (κ1) is 14.7. The molecule has 0 spiro atoms. The summed E-state index contributed by atoms with van der Waals surface area (Å²) in [6.45, 7) is 3.68. The van der Waals surface area contributed by atoms with Crippen LogP contribution >= 0.6 is 0 Å². The predicted octanol–water partition coefficient (Wildman–Crippen LogP) is -1.31. The van der Waals surface area contributed by atoms with Gasteiger partial charge in [0.25, 0.3) is 10.2 Å². The van der Waals surface area contributed by atoms with E-state index in [-0.39, 0.29) is 12.5 Å². The van der Waals surface area contributed by atoms with Crippen LogP contribution in [0.2, 0.25) is 0 Å². The molecule has 2 heterocycles. The predicted molar refractivity (Wildman–Crippen MR) is 71.8 cm³/mol. The molecule has 0 aromatic carbocycles. The van der Waals surface area contributed by atoms with Gasteiger partial charge in [-0.3, -0.25) is 4.79 Å². The number of nitrogens with one attached hydrogen (secondary N) is 1. The third-order valence-corrected chi connectivity index (χ3v) is 5.55. The Bertz CT molecular complexity index is 414. The van der Waals surface area contributed by atoms with Crippen molar-refractivity contribution < 1.29 is 13.2 Å². The third-order valence-electron chi connectivity index (χ3n) is 3.61. The standard InChI is InChI=1S/C11H22N4O3S/c1-13(10-11(16)14-6-2-3-7-14)19(17,18)15-8-4-12-5-9-15/h12H,2-10H2,1H3. The van der Waals surface area contributed by atoms with Crippen LogP contribution in [0.1, 0.15) is 12.8 Å². The zero-order valence-electron chi connectivity index (χ0n) is 11.3. The maximum Gasteiger partial charge on any atom is 0.282 e. The van der Waals surface area contributed by atoms with Crippen molar-refractivity contribution in [3.05, 3.63) is 0 Å². The molecule has 2 aliphatic heterocycles. The Hall–Kier alpha value is -0.700. The van der Waals surface area contributed by atoms with E-state index in [0.717, 1.165) is 25.9 Å². The average Bonchev–Trinajstić information content (AvgIpc) is 2.93. The highest BCUT2D eigenvalue weighted by Gasteiger charge is 2.30. The molecule has 2 rings (SSSR count). The van der Waals surface area contributed by atoms with Crippen LogP contribution < -0.4 is 5.32 Å². The molecule has 2 aliphatic rings. The van der Waals surface area contributed by atoms with Crippen molar-refractivity contribution in [2.45, 2.75) is 12.8 Å². The number of likely N-dealkylation sites (tertiary alicyclic amines) is 1. The van der Waals surface area contributed by atoms with Gasteiger partial charge in [0.05, 0.1) is 6.54 Å². The summed E-state index contributed by atoms with van der Waals surface area (Å²) in [4.78, 5) is 13.7. The zero-order chi connectivity index (χ0) is 13.9. The summed E-state index contributed by atoms with van der Waals surface area (Å²) in [7, 11) is -2.03. The molecule has 7 nitrogen and oxygen atoms in total. The van der Waals surface area contributed by atoms with Crippen LogP contribution in [0.5, 0.6) is 0 Å². The Morgan fingerprint density at radius 1 is 1.16 bits per heavy atom. The summed E-state index contributed by atoms with van der Waals surface area (Å²) in [6, 6.07) is 0. The van der Waals surface area contributed by atoms with Crippen molar-refractivity contribution in [2.75, 3.05) is 52.9 Å². The van der Waals surface area contributed by atoms with Crippen LogP contribution in [-0.4, -0.2) is 80.7 Å². The van der Waals surface area contributed by atoms with Crippen LogP contribution in [0.15, 0.2) is 0 Å². The Morgan fingerprint density at radius 2 is 1.74 bits per heavy atom. The molecule has 8 heteroatoms. The number of carbonyl (C=O) groups excluding carboxylic acids is 1. The second-order valence-electron chi connectivity index (χ2n) is 5.00. The fraction of sp³-hybridized carbons (Fsp3) is 0.909. The minimum atomic E-state index is -3.51. The minimum absolute atomic E-state index is 0.0632. The van der Waals surface area contributed by atoms with E-state index in [9.17, 15) is 13.2 Å². The topological polar surface area (TPSA) is 73.0 Å². The molecular formula is C11H22N4O3S. The smallest absolute Gasteiger partial charge is 0.282 e. The molecule has 2 saturated heterocycles. The Labute approximate surface area is 114 Å². The van der Waals surface area contributed by atoms with E-state index >= 15 is 0 Å². The molecule has 1 N–H and O–H groups in total. The summed E-state index contributed by atoms with van der Waals surface area (Å²) in [5.74, 6) is -0.0984. The second-order valence-corrected chi connectivity index (χ2v) is 7.04. The first-order valence-corrected chi connectivity index (χ1v) is 8.11. The van der Waals surface area contributed by atoms with E-state index < -0.39 is 10.2 Å². The molecule has 0 radical (unpaired) electrons. The van der Waals surface area contributed by atoms with Crippen molar-refractivity contribution in [2.24, 2.45) is 0 Å². The molecule has 0 bridgehead atoms. The van der Waals surface area contributed by atoms with Crippen LogP contribution in [0.3, 0.4) is 0 Å². The Morgan fingerprint density at radius 3 is 2.32 bits per heavy atom. The van der Waals surface area contributed by atoms with Crippen molar-refractivity contribution in [1.29, 1.82) is 0 Å². The van der Waals surface area contributed by atoms with Gasteiger partial charge in [0.15, 0.2) is 0 Å².